The van der Waals surface area contributed by atoms with E-state index in [2.05, 4.69) is 22.6 Å². The molecule has 0 saturated heterocycles. The van der Waals surface area contributed by atoms with Gasteiger partial charge in [-0.2, -0.15) is 0 Å². The number of hydrogen-bond donors (Lipinski definition) is 1. The number of ether oxygens (including phenoxy) is 1. The van der Waals surface area contributed by atoms with Crippen molar-refractivity contribution in [2.24, 2.45) is 0 Å². The van der Waals surface area contributed by atoms with Crippen LogP contribution in [0.5, 0.6) is 5.75 Å². The molecular formula is C14H11IO3. The van der Waals surface area contributed by atoms with Crippen LogP contribution in [-0.4, -0.2) is 11.1 Å². The van der Waals surface area contributed by atoms with Gasteiger partial charge < -0.3 is 9.84 Å². The summed E-state index contributed by atoms with van der Waals surface area (Å²) in [5, 5.41) is 9.25. The van der Waals surface area contributed by atoms with Gasteiger partial charge in [-0.15, -0.1) is 0 Å². The highest BCUT2D eigenvalue weighted by Crippen LogP contribution is 2.26. The Kier molecular flexibility index (Phi) is 4.19. The van der Waals surface area contributed by atoms with Crippen molar-refractivity contribution in [3.8, 4) is 5.75 Å². The van der Waals surface area contributed by atoms with Crippen LogP contribution in [0.1, 0.15) is 11.7 Å². The lowest BCUT2D eigenvalue weighted by molar-refractivity contribution is -0.145. The molecule has 0 aliphatic heterocycles. The third-order valence-corrected chi connectivity index (χ3v) is 3.30. The molecule has 0 aliphatic rings. The van der Waals surface area contributed by atoms with Gasteiger partial charge in [0.15, 0.2) is 0 Å². The molecule has 2 aromatic rings. The molecule has 0 fully saturated rings. The van der Waals surface area contributed by atoms with Crippen LogP contribution in [0.4, 0.5) is 0 Å². The molecule has 4 heteroatoms. The van der Waals surface area contributed by atoms with E-state index >= 15 is 0 Å². The van der Waals surface area contributed by atoms with Gasteiger partial charge in [0, 0.05) is 5.56 Å². The SMILES string of the molecule is O=C(O)C(Oc1ccccc1I)c1ccccc1. The zero-order chi connectivity index (χ0) is 13.0. The van der Waals surface area contributed by atoms with E-state index in [9.17, 15) is 9.90 Å². The number of halogens is 1. The number of rotatable bonds is 4. The average molecular weight is 354 g/mol. The molecule has 0 amide bonds. The van der Waals surface area contributed by atoms with Crippen molar-refractivity contribution in [3.63, 3.8) is 0 Å². The summed E-state index contributed by atoms with van der Waals surface area (Å²) < 4.78 is 6.47. The zero-order valence-corrected chi connectivity index (χ0v) is 11.6. The van der Waals surface area contributed by atoms with E-state index in [1.807, 2.05) is 24.3 Å². The number of carboxylic acids is 1. The van der Waals surface area contributed by atoms with Crippen LogP contribution < -0.4 is 4.74 Å². The first kappa shape index (κ1) is 12.9. The lowest BCUT2D eigenvalue weighted by atomic mass is 10.1. The molecule has 2 rings (SSSR count). The number of benzene rings is 2. The Morgan fingerprint density at radius 1 is 1.06 bits per heavy atom. The predicted molar refractivity (Wildman–Crippen MR) is 76.6 cm³/mol. The van der Waals surface area contributed by atoms with Gasteiger partial charge in [-0.25, -0.2) is 4.79 Å². The summed E-state index contributed by atoms with van der Waals surface area (Å²) in [5.41, 5.74) is 0.629. The highest BCUT2D eigenvalue weighted by Gasteiger charge is 2.22. The maximum absolute atomic E-state index is 11.3. The van der Waals surface area contributed by atoms with Crippen LogP contribution in [-0.2, 0) is 4.79 Å². The summed E-state index contributed by atoms with van der Waals surface area (Å²) in [6, 6.07) is 16.3. The quantitative estimate of drug-likeness (QED) is 0.855. The molecule has 0 heterocycles. The number of carboxylic acid groups (broad SMARTS) is 1. The maximum atomic E-state index is 11.3. The minimum atomic E-state index is -0.999. The number of para-hydroxylation sites is 1. The van der Waals surface area contributed by atoms with Gasteiger partial charge in [0.25, 0.3) is 0 Å². The summed E-state index contributed by atoms with van der Waals surface area (Å²) >= 11 is 2.12. The Balaban J connectivity index is 2.28. The summed E-state index contributed by atoms with van der Waals surface area (Å²) in [6.45, 7) is 0. The van der Waals surface area contributed by atoms with Crippen molar-refractivity contribution < 1.29 is 14.6 Å². The fraction of sp³-hybridized carbons (Fsp3) is 0.0714. The number of aliphatic carboxylic acids is 1. The van der Waals surface area contributed by atoms with Crippen LogP contribution in [0.2, 0.25) is 0 Å². The summed E-state index contributed by atoms with van der Waals surface area (Å²) in [5.74, 6) is -0.421. The summed E-state index contributed by atoms with van der Waals surface area (Å²) in [7, 11) is 0. The third kappa shape index (κ3) is 3.01. The first-order chi connectivity index (χ1) is 8.68. The second-order valence-electron chi connectivity index (χ2n) is 3.68. The zero-order valence-electron chi connectivity index (χ0n) is 9.42. The normalized spacial score (nSPS) is 11.8. The standard InChI is InChI=1S/C14H11IO3/c15-11-8-4-5-9-12(11)18-13(14(16)17)10-6-2-1-3-7-10/h1-9,13H,(H,16,17). The van der Waals surface area contributed by atoms with Gasteiger partial charge >= 0.3 is 5.97 Å². The molecule has 0 aromatic heterocycles. The third-order valence-electron chi connectivity index (χ3n) is 2.41. The van der Waals surface area contributed by atoms with Crippen LogP contribution in [0, 0.1) is 3.57 Å². The molecule has 1 N–H and O–H groups in total. The Labute approximate surface area is 119 Å². The molecule has 0 saturated carbocycles. The molecule has 92 valence electrons. The van der Waals surface area contributed by atoms with Crippen molar-refractivity contribution in [1.29, 1.82) is 0 Å². The van der Waals surface area contributed by atoms with E-state index in [4.69, 9.17) is 4.74 Å². The second kappa shape index (κ2) is 5.86. The van der Waals surface area contributed by atoms with Gasteiger partial charge in [-0.05, 0) is 34.7 Å². The van der Waals surface area contributed by atoms with Crippen molar-refractivity contribution in [1.82, 2.24) is 0 Å². The molecule has 0 bridgehead atoms. The van der Waals surface area contributed by atoms with E-state index in [1.54, 1.807) is 30.3 Å². The van der Waals surface area contributed by atoms with Crippen molar-refractivity contribution in [3.05, 3.63) is 63.7 Å². The van der Waals surface area contributed by atoms with Gasteiger partial charge in [0.05, 0.1) is 3.57 Å². The first-order valence-corrected chi connectivity index (χ1v) is 6.45. The average Bonchev–Trinajstić information content (AvgIpc) is 2.38. The van der Waals surface area contributed by atoms with Crippen LogP contribution in [0.3, 0.4) is 0 Å². The largest absolute Gasteiger partial charge is 0.478 e. The van der Waals surface area contributed by atoms with Crippen LogP contribution >= 0.6 is 22.6 Å². The molecule has 0 aliphatic carbocycles. The molecular weight excluding hydrogens is 343 g/mol. The minimum Gasteiger partial charge on any atom is -0.478 e. The Hall–Kier alpha value is -1.56. The molecule has 2 aromatic carbocycles. The molecule has 0 spiro atoms. The Morgan fingerprint density at radius 2 is 1.67 bits per heavy atom. The van der Waals surface area contributed by atoms with Crippen molar-refractivity contribution in [2.75, 3.05) is 0 Å². The summed E-state index contributed by atoms with van der Waals surface area (Å²) in [4.78, 5) is 11.3. The number of carbonyl (C=O) groups is 1. The van der Waals surface area contributed by atoms with Crippen LogP contribution in [0.25, 0.3) is 0 Å². The van der Waals surface area contributed by atoms with E-state index in [0.29, 0.717) is 11.3 Å². The number of hydrogen-bond acceptors (Lipinski definition) is 2. The van der Waals surface area contributed by atoms with Crippen LogP contribution in [0.15, 0.2) is 54.6 Å². The highest BCUT2D eigenvalue weighted by atomic mass is 127. The smallest absolute Gasteiger partial charge is 0.349 e. The van der Waals surface area contributed by atoms with Gasteiger partial charge in [0.2, 0.25) is 6.10 Å². The lowest BCUT2D eigenvalue weighted by Gasteiger charge is -2.16. The van der Waals surface area contributed by atoms with Gasteiger partial charge in [-0.1, -0.05) is 42.5 Å². The highest BCUT2D eigenvalue weighted by molar-refractivity contribution is 14.1. The topological polar surface area (TPSA) is 46.5 Å². The van der Waals surface area contributed by atoms with E-state index in [-0.39, 0.29) is 0 Å². The monoisotopic (exact) mass is 354 g/mol. The van der Waals surface area contributed by atoms with Gasteiger partial charge in [-0.3, -0.25) is 0 Å². The van der Waals surface area contributed by atoms with E-state index < -0.39 is 12.1 Å². The van der Waals surface area contributed by atoms with E-state index in [0.717, 1.165) is 3.57 Å². The van der Waals surface area contributed by atoms with E-state index in [1.165, 1.54) is 0 Å². The summed E-state index contributed by atoms with van der Waals surface area (Å²) in [6.07, 6.45) is -0.984. The van der Waals surface area contributed by atoms with Gasteiger partial charge in [0.1, 0.15) is 5.75 Å². The van der Waals surface area contributed by atoms with Crippen molar-refractivity contribution >= 4 is 28.6 Å². The minimum absolute atomic E-state index is 0.578. The maximum Gasteiger partial charge on any atom is 0.349 e. The predicted octanol–water partition coefficient (Wildman–Crippen LogP) is 3.50. The molecule has 18 heavy (non-hydrogen) atoms. The fourth-order valence-corrected chi connectivity index (χ4v) is 2.07. The molecule has 1 unspecified atom stereocenters. The molecule has 3 nitrogen and oxygen atoms in total. The molecule has 1 atom stereocenters. The Morgan fingerprint density at radius 3 is 2.28 bits per heavy atom. The first-order valence-electron chi connectivity index (χ1n) is 5.37. The Bertz CT molecular complexity index is 540. The molecule has 0 radical (unpaired) electrons. The van der Waals surface area contributed by atoms with Crippen molar-refractivity contribution in [2.45, 2.75) is 6.10 Å². The lowest BCUT2D eigenvalue weighted by Crippen LogP contribution is -2.18. The second-order valence-corrected chi connectivity index (χ2v) is 4.84. The fourth-order valence-electron chi connectivity index (χ4n) is 1.56.